The molecule has 0 spiro atoms. The molecule has 0 heterocycles. The van der Waals surface area contributed by atoms with Crippen LogP contribution in [-0.2, 0) is 6.42 Å². The van der Waals surface area contributed by atoms with E-state index >= 15 is 0 Å². The van der Waals surface area contributed by atoms with Crippen LogP contribution in [0.3, 0.4) is 0 Å². The van der Waals surface area contributed by atoms with Crippen LogP contribution >= 0.6 is 0 Å². The summed E-state index contributed by atoms with van der Waals surface area (Å²) in [7, 11) is 0. The Kier molecular flexibility index (Phi) is 8.89. The van der Waals surface area contributed by atoms with Crippen molar-refractivity contribution in [1.29, 1.82) is 5.26 Å². The minimum absolute atomic E-state index is 0.515. The molecule has 1 aromatic rings. The summed E-state index contributed by atoms with van der Waals surface area (Å²) in [6.07, 6.45) is 4.59. The van der Waals surface area contributed by atoms with Gasteiger partial charge in [0.2, 0.25) is 0 Å². The van der Waals surface area contributed by atoms with Gasteiger partial charge in [-0.2, -0.15) is 5.26 Å². The summed E-state index contributed by atoms with van der Waals surface area (Å²) in [4.78, 5) is 0. The average molecular weight is 189 g/mol. The summed E-state index contributed by atoms with van der Waals surface area (Å²) < 4.78 is 0. The van der Waals surface area contributed by atoms with E-state index in [9.17, 15) is 0 Å². The SMILES string of the molecule is CCCCC.N#CCc1ccccc1. The van der Waals surface area contributed by atoms with E-state index in [1.54, 1.807) is 0 Å². The first-order valence-electron chi connectivity index (χ1n) is 5.26. The van der Waals surface area contributed by atoms with Crippen LogP contribution in [0.4, 0.5) is 0 Å². The summed E-state index contributed by atoms with van der Waals surface area (Å²) in [5, 5.41) is 8.27. The normalized spacial score (nSPS) is 8.36. The smallest absolute Gasteiger partial charge is 0.0669 e. The van der Waals surface area contributed by atoms with Crippen LogP contribution in [0.15, 0.2) is 30.3 Å². The van der Waals surface area contributed by atoms with Crippen molar-refractivity contribution < 1.29 is 0 Å². The molecule has 0 aliphatic heterocycles. The summed E-state index contributed by atoms with van der Waals surface area (Å²) in [5.41, 5.74) is 1.08. The zero-order chi connectivity index (χ0) is 10.6. The van der Waals surface area contributed by atoms with Gasteiger partial charge in [-0.25, -0.2) is 0 Å². The van der Waals surface area contributed by atoms with Crippen molar-refractivity contribution >= 4 is 0 Å². The zero-order valence-electron chi connectivity index (χ0n) is 9.16. The third-order valence-electron chi connectivity index (χ3n) is 1.83. The molecule has 0 bridgehead atoms. The van der Waals surface area contributed by atoms with Gasteiger partial charge in [-0.05, 0) is 5.56 Å². The lowest BCUT2D eigenvalue weighted by molar-refractivity contribution is 0.772. The fraction of sp³-hybridized carbons (Fsp3) is 0.462. The Balaban J connectivity index is 0.000000292. The Morgan fingerprint density at radius 1 is 1.07 bits per heavy atom. The van der Waals surface area contributed by atoms with Crippen LogP contribution < -0.4 is 0 Å². The van der Waals surface area contributed by atoms with Gasteiger partial charge in [0.15, 0.2) is 0 Å². The molecule has 0 aliphatic rings. The van der Waals surface area contributed by atoms with Crippen molar-refractivity contribution in [2.24, 2.45) is 0 Å². The Morgan fingerprint density at radius 3 is 2.00 bits per heavy atom. The first kappa shape index (κ1) is 12.7. The van der Waals surface area contributed by atoms with Crippen molar-refractivity contribution in [3.05, 3.63) is 35.9 Å². The van der Waals surface area contributed by atoms with Gasteiger partial charge in [0.25, 0.3) is 0 Å². The highest BCUT2D eigenvalue weighted by molar-refractivity contribution is 5.17. The zero-order valence-corrected chi connectivity index (χ0v) is 9.16. The van der Waals surface area contributed by atoms with E-state index in [4.69, 9.17) is 5.26 Å². The average Bonchev–Trinajstić information content (AvgIpc) is 2.22. The molecule has 0 saturated heterocycles. The molecule has 0 atom stereocenters. The number of rotatable bonds is 3. The van der Waals surface area contributed by atoms with Crippen LogP contribution in [-0.4, -0.2) is 0 Å². The van der Waals surface area contributed by atoms with E-state index in [1.165, 1.54) is 19.3 Å². The highest BCUT2D eigenvalue weighted by atomic mass is 14.2. The van der Waals surface area contributed by atoms with E-state index in [0.717, 1.165) is 5.56 Å². The lowest BCUT2D eigenvalue weighted by Gasteiger charge is -1.88. The Labute approximate surface area is 87.4 Å². The van der Waals surface area contributed by atoms with Crippen LogP contribution in [0.1, 0.15) is 38.7 Å². The molecular weight excluding hydrogens is 170 g/mol. The topological polar surface area (TPSA) is 23.8 Å². The third kappa shape index (κ3) is 7.36. The molecule has 0 N–H and O–H groups in total. The Morgan fingerprint density at radius 2 is 1.64 bits per heavy atom. The monoisotopic (exact) mass is 189 g/mol. The van der Waals surface area contributed by atoms with E-state index in [1.807, 2.05) is 30.3 Å². The molecule has 1 nitrogen and oxygen atoms in total. The van der Waals surface area contributed by atoms with Gasteiger partial charge in [-0.1, -0.05) is 63.4 Å². The van der Waals surface area contributed by atoms with E-state index in [0.29, 0.717) is 6.42 Å². The van der Waals surface area contributed by atoms with Crippen LogP contribution in [0.5, 0.6) is 0 Å². The molecule has 1 aromatic carbocycles. The predicted molar refractivity (Wildman–Crippen MR) is 61.0 cm³/mol. The summed E-state index contributed by atoms with van der Waals surface area (Å²) >= 11 is 0. The fourth-order valence-corrected chi connectivity index (χ4v) is 1.04. The molecular formula is C13H19N. The Bertz CT molecular complexity index is 244. The summed E-state index contributed by atoms with van der Waals surface area (Å²) in [6.45, 7) is 4.42. The first-order chi connectivity index (χ1) is 6.85. The van der Waals surface area contributed by atoms with Crippen molar-refractivity contribution in [2.45, 2.75) is 39.5 Å². The van der Waals surface area contributed by atoms with Gasteiger partial charge < -0.3 is 0 Å². The van der Waals surface area contributed by atoms with Crippen molar-refractivity contribution in [2.75, 3.05) is 0 Å². The second kappa shape index (κ2) is 9.80. The molecule has 14 heavy (non-hydrogen) atoms. The van der Waals surface area contributed by atoms with Gasteiger partial charge in [0.05, 0.1) is 12.5 Å². The highest BCUT2D eigenvalue weighted by Crippen LogP contribution is 1.97. The van der Waals surface area contributed by atoms with Gasteiger partial charge in [-0.15, -0.1) is 0 Å². The molecule has 0 unspecified atom stereocenters. The maximum Gasteiger partial charge on any atom is 0.0669 e. The number of unbranched alkanes of at least 4 members (excludes halogenated alkanes) is 2. The summed E-state index contributed by atoms with van der Waals surface area (Å²) in [5.74, 6) is 0. The second-order valence-corrected chi connectivity index (χ2v) is 3.17. The summed E-state index contributed by atoms with van der Waals surface area (Å²) in [6, 6.07) is 11.8. The number of nitrogens with zero attached hydrogens (tertiary/aromatic N) is 1. The third-order valence-corrected chi connectivity index (χ3v) is 1.83. The molecule has 76 valence electrons. The van der Waals surface area contributed by atoms with Crippen LogP contribution in [0, 0.1) is 11.3 Å². The highest BCUT2D eigenvalue weighted by Gasteiger charge is 1.84. The lowest BCUT2D eigenvalue weighted by atomic mass is 10.2. The molecule has 0 aromatic heterocycles. The molecule has 0 aliphatic carbocycles. The Hall–Kier alpha value is -1.29. The van der Waals surface area contributed by atoms with Gasteiger partial charge in [0, 0.05) is 0 Å². The van der Waals surface area contributed by atoms with Gasteiger partial charge in [0.1, 0.15) is 0 Å². The van der Waals surface area contributed by atoms with Crippen molar-refractivity contribution in [3.8, 4) is 6.07 Å². The van der Waals surface area contributed by atoms with Crippen LogP contribution in [0.2, 0.25) is 0 Å². The molecule has 1 heteroatoms. The molecule has 0 saturated carbocycles. The second-order valence-electron chi connectivity index (χ2n) is 3.17. The van der Waals surface area contributed by atoms with Gasteiger partial charge >= 0.3 is 0 Å². The fourth-order valence-electron chi connectivity index (χ4n) is 1.04. The number of hydrogen-bond donors (Lipinski definition) is 0. The van der Waals surface area contributed by atoms with Gasteiger partial charge in [-0.3, -0.25) is 0 Å². The number of hydrogen-bond acceptors (Lipinski definition) is 1. The van der Waals surface area contributed by atoms with Crippen molar-refractivity contribution in [1.82, 2.24) is 0 Å². The molecule has 1 rings (SSSR count). The van der Waals surface area contributed by atoms with E-state index in [2.05, 4.69) is 19.9 Å². The minimum atomic E-state index is 0.515. The molecule has 0 fully saturated rings. The maximum atomic E-state index is 8.27. The largest absolute Gasteiger partial charge is 0.198 e. The standard InChI is InChI=1S/C8H7N.C5H12/c9-7-6-8-4-2-1-3-5-8;1-3-5-4-2/h1-5H,6H2;3-5H2,1-2H3. The lowest BCUT2D eigenvalue weighted by Crippen LogP contribution is -1.76. The maximum absolute atomic E-state index is 8.27. The minimum Gasteiger partial charge on any atom is -0.198 e. The van der Waals surface area contributed by atoms with E-state index in [-0.39, 0.29) is 0 Å². The number of benzene rings is 1. The number of nitriles is 1. The first-order valence-corrected chi connectivity index (χ1v) is 5.26. The van der Waals surface area contributed by atoms with Crippen LogP contribution in [0.25, 0.3) is 0 Å². The predicted octanol–water partition coefficient (Wildman–Crippen LogP) is 3.95. The van der Waals surface area contributed by atoms with E-state index < -0.39 is 0 Å². The molecule has 0 radical (unpaired) electrons. The molecule has 0 amide bonds. The quantitative estimate of drug-likeness (QED) is 0.706. The van der Waals surface area contributed by atoms with Crippen molar-refractivity contribution in [3.63, 3.8) is 0 Å².